The predicted octanol–water partition coefficient (Wildman–Crippen LogP) is 3.54. The van der Waals surface area contributed by atoms with Crippen LogP contribution in [0.3, 0.4) is 0 Å². The highest BCUT2D eigenvalue weighted by Crippen LogP contribution is 2.22. The van der Waals surface area contributed by atoms with Crippen LogP contribution in [0, 0.1) is 0 Å². The standard InChI is InChI=1S/C26H33ClN4O3/c1-26(2,3)20-10-8-19(9-11-20)25(34)28-13-12-24(33)31-16-14-30(15-17-31)18-23(32)29-22-7-5-4-6-21(22)27/h4-11H,12-18H2,1-3H3,(H,28,34)(H,29,32). The monoisotopic (exact) mass is 484 g/mol. The topological polar surface area (TPSA) is 81.8 Å². The fourth-order valence-electron chi connectivity index (χ4n) is 3.78. The van der Waals surface area contributed by atoms with E-state index in [0.29, 0.717) is 49.0 Å². The van der Waals surface area contributed by atoms with Gasteiger partial charge < -0.3 is 15.5 Å². The van der Waals surface area contributed by atoms with Crippen molar-refractivity contribution in [3.8, 4) is 0 Å². The van der Waals surface area contributed by atoms with Gasteiger partial charge in [-0.05, 0) is 35.2 Å². The summed E-state index contributed by atoms with van der Waals surface area (Å²) >= 11 is 6.08. The lowest BCUT2D eigenvalue weighted by Gasteiger charge is -2.34. The molecule has 3 amide bonds. The van der Waals surface area contributed by atoms with Gasteiger partial charge in [0.25, 0.3) is 5.91 Å². The molecule has 0 atom stereocenters. The van der Waals surface area contributed by atoms with Crippen molar-refractivity contribution in [3.05, 3.63) is 64.7 Å². The number of rotatable bonds is 7. The zero-order valence-electron chi connectivity index (χ0n) is 20.1. The third kappa shape index (κ3) is 7.30. The summed E-state index contributed by atoms with van der Waals surface area (Å²) in [4.78, 5) is 41.0. The number of piperazine rings is 1. The molecule has 0 spiro atoms. The molecule has 1 heterocycles. The van der Waals surface area contributed by atoms with Crippen LogP contribution >= 0.6 is 11.6 Å². The molecule has 7 nitrogen and oxygen atoms in total. The Hall–Kier alpha value is -2.90. The molecule has 0 bridgehead atoms. The van der Waals surface area contributed by atoms with Crippen LogP contribution in [0.25, 0.3) is 0 Å². The molecule has 0 unspecified atom stereocenters. The van der Waals surface area contributed by atoms with Crippen LogP contribution in [0.1, 0.15) is 43.1 Å². The largest absolute Gasteiger partial charge is 0.352 e. The summed E-state index contributed by atoms with van der Waals surface area (Å²) in [6.45, 7) is 9.27. The minimum absolute atomic E-state index is 0.00329. The Morgan fingerprint density at radius 2 is 1.59 bits per heavy atom. The van der Waals surface area contributed by atoms with Crippen molar-refractivity contribution in [2.24, 2.45) is 0 Å². The van der Waals surface area contributed by atoms with Crippen molar-refractivity contribution in [2.45, 2.75) is 32.6 Å². The Morgan fingerprint density at radius 1 is 0.941 bits per heavy atom. The average Bonchev–Trinajstić information content (AvgIpc) is 2.80. The maximum atomic E-state index is 12.5. The van der Waals surface area contributed by atoms with Crippen molar-refractivity contribution < 1.29 is 14.4 Å². The molecule has 2 aromatic carbocycles. The average molecular weight is 485 g/mol. The Kier molecular flexibility index (Phi) is 8.69. The molecule has 1 aliphatic rings. The smallest absolute Gasteiger partial charge is 0.251 e. The number of carbonyl (C=O) groups excluding carboxylic acids is 3. The fraction of sp³-hybridized carbons (Fsp3) is 0.423. The molecule has 0 saturated carbocycles. The van der Waals surface area contributed by atoms with Crippen LogP contribution in [0.15, 0.2) is 48.5 Å². The van der Waals surface area contributed by atoms with Gasteiger partial charge in [-0.25, -0.2) is 0 Å². The van der Waals surface area contributed by atoms with Crippen molar-refractivity contribution in [1.82, 2.24) is 15.1 Å². The van der Waals surface area contributed by atoms with Gasteiger partial charge in [0, 0.05) is 44.7 Å². The van der Waals surface area contributed by atoms with Crippen LogP contribution in [0.4, 0.5) is 5.69 Å². The molecule has 0 radical (unpaired) electrons. The van der Waals surface area contributed by atoms with Gasteiger partial charge in [0.1, 0.15) is 0 Å². The van der Waals surface area contributed by atoms with Crippen molar-refractivity contribution >= 4 is 35.0 Å². The summed E-state index contributed by atoms with van der Waals surface area (Å²) in [5, 5.41) is 6.15. The first kappa shape index (κ1) is 25.7. The highest BCUT2D eigenvalue weighted by molar-refractivity contribution is 6.33. The first-order valence-electron chi connectivity index (χ1n) is 11.6. The number of amides is 3. The van der Waals surface area contributed by atoms with Crippen LogP contribution < -0.4 is 10.6 Å². The Bertz CT molecular complexity index is 1010. The van der Waals surface area contributed by atoms with Crippen LogP contribution in [0.2, 0.25) is 5.02 Å². The van der Waals surface area contributed by atoms with Gasteiger partial charge in [0.2, 0.25) is 11.8 Å². The van der Waals surface area contributed by atoms with Crippen LogP contribution in [-0.4, -0.2) is 66.8 Å². The van der Waals surface area contributed by atoms with Gasteiger partial charge in [-0.2, -0.15) is 0 Å². The molecule has 1 aliphatic heterocycles. The summed E-state index contributed by atoms with van der Waals surface area (Å²) in [5.41, 5.74) is 2.38. The van der Waals surface area contributed by atoms with Crippen LogP contribution in [0.5, 0.6) is 0 Å². The van der Waals surface area contributed by atoms with E-state index >= 15 is 0 Å². The molecular formula is C26H33ClN4O3. The van der Waals surface area contributed by atoms with E-state index < -0.39 is 0 Å². The minimum atomic E-state index is -0.178. The highest BCUT2D eigenvalue weighted by Gasteiger charge is 2.22. The van der Waals surface area contributed by atoms with Gasteiger partial charge in [0.05, 0.1) is 17.3 Å². The van der Waals surface area contributed by atoms with E-state index in [4.69, 9.17) is 11.6 Å². The van der Waals surface area contributed by atoms with E-state index in [9.17, 15) is 14.4 Å². The third-order valence-corrected chi connectivity index (χ3v) is 6.21. The normalized spacial score (nSPS) is 14.5. The summed E-state index contributed by atoms with van der Waals surface area (Å²) in [6, 6.07) is 14.7. The van der Waals surface area contributed by atoms with Gasteiger partial charge >= 0.3 is 0 Å². The molecule has 182 valence electrons. The lowest BCUT2D eigenvalue weighted by atomic mass is 9.87. The first-order chi connectivity index (χ1) is 16.1. The lowest BCUT2D eigenvalue weighted by Crippen LogP contribution is -2.50. The number of hydrogen-bond donors (Lipinski definition) is 2. The Morgan fingerprint density at radius 3 is 2.21 bits per heavy atom. The van der Waals surface area contributed by atoms with E-state index in [0.717, 1.165) is 0 Å². The number of halogens is 1. The van der Waals surface area contributed by atoms with Gasteiger partial charge in [-0.3, -0.25) is 19.3 Å². The second-order valence-corrected chi connectivity index (χ2v) is 9.93. The van der Waals surface area contributed by atoms with Gasteiger partial charge in [-0.1, -0.05) is 56.6 Å². The number of hydrogen-bond acceptors (Lipinski definition) is 4. The number of anilines is 1. The van der Waals surface area contributed by atoms with E-state index in [1.54, 1.807) is 17.0 Å². The maximum Gasteiger partial charge on any atom is 0.251 e. The fourth-order valence-corrected chi connectivity index (χ4v) is 3.96. The SMILES string of the molecule is CC(C)(C)c1ccc(C(=O)NCCC(=O)N2CCN(CC(=O)Nc3ccccc3Cl)CC2)cc1. The number of carbonyl (C=O) groups is 3. The molecular weight excluding hydrogens is 452 g/mol. The van der Waals surface area contributed by atoms with E-state index in [1.165, 1.54) is 5.56 Å². The molecule has 3 rings (SSSR count). The minimum Gasteiger partial charge on any atom is -0.352 e. The molecule has 2 aromatic rings. The zero-order valence-corrected chi connectivity index (χ0v) is 20.8. The predicted molar refractivity (Wildman–Crippen MR) is 135 cm³/mol. The van der Waals surface area contributed by atoms with E-state index in [1.807, 2.05) is 41.3 Å². The number of para-hydroxylation sites is 1. The summed E-state index contributed by atoms with van der Waals surface area (Å²) in [5.74, 6) is -0.308. The van der Waals surface area contributed by atoms with Crippen molar-refractivity contribution in [3.63, 3.8) is 0 Å². The Balaban J connectivity index is 1.36. The number of nitrogens with zero attached hydrogens (tertiary/aromatic N) is 2. The highest BCUT2D eigenvalue weighted by atomic mass is 35.5. The number of benzene rings is 2. The van der Waals surface area contributed by atoms with E-state index in [2.05, 4.69) is 31.4 Å². The lowest BCUT2D eigenvalue weighted by molar-refractivity contribution is -0.132. The number of nitrogens with one attached hydrogen (secondary N) is 2. The summed E-state index contributed by atoms with van der Waals surface area (Å²) in [7, 11) is 0. The first-order valence-corrected chi connectivity index (χ1v) is 11.9. The Labute approximate surface area is 206 Å². The van der Waals surface area contributed by atoms with Gasteiger partial charge in [-0.15, -0.1) is 0 Å². The molecule has 0 aliphatic carbocycles. The molecule has 8 heteroatoms. The van der Waals surface area contributed by atoms with Gasteiger partial charge in [0.15, 0.2) is 0 Å². The molecule has 2 N–H and O–H groups in total. The van der Waals surface area contributed by atoms with E-state index in [-0.39, 0.29) is 36.1 Å². The third-order valence-electron chi connectivity index (χ3n) is 5.88. The molecule has 1 saturated heterocycles. The quantitative estimate of drug-likeness (QED) is 0.629. The molecule has 0 aromatic heterocycles. The molecule has 1 fully saturated rings. The summed E-state index contributed by atoms with van der Waals surface area (Å²) in [6.07, 6.45) is 0.249. The van der Waals surface area contributed by atoms with Crippen LogP contribution in [-0.2, 0) is 15.0 Å². The molecule has 34 heavy (non-hydrogen) atoms. The second kappa shape index (κ2) is 11.5. The second-order valence-electron chi connectivity index (χ2n) is 9.52. The zero-order chi connectivity index (χ0) is 24.7. The summed E-state index contributed by atoms with van der Waals surface area (Å²) < 4.78 is 0. The maximum absolute atomic E-state index is 12.5. The van der Waals surface area contributed by atoms with Crippen molar-refractivity contribution in [1.29, 1.82) is 0 Å². The van der Waals surface area contributed by atoms with Crippen molar-refractivity contribution in [2.75, 3.05) is 44.6 Å².